The minimum absolute atomic E-state index is 0.306. The number of hydrogen-bond acceptors (Lipinski definition) is 3. The van der Waals surface area contributed by atoms with Crippen LogP contribution in [0, 0.1) is 0 Å². The maximum absolute atomic E-state index is 9.24. The molecule has 1 aliphatic rings. The summed E-state index contributed by atoms with van der Waals surface area (Å²) in [4.78, 5) is 9.24. The van der Waals surface area contributed by atoms with Crippen LogP contribution in [0.25, 0.3) is 0 Å². The van der Waals surface area contributed by atoms with Gasteiger partial charge in [0, 0.05) is 12.0 Å². The summed E-state index contributed by atoms with van der Waals surface area (Å²) in [5.41, 5.74) is 1.37. The van der Waals surface area contributed by atoms with Gasteiger partial charge in [-0.25, -0.2) is 0 Å². The summed E-state index contributed by atoms with van der Waals surface area (Å²) in [7, 11) is 0. The zero-order valence-electron chi connectivity index (χ0n) is 9.25. The van der Waals surface area contributed by atoms with Crippen molar-refractivity contribution in [3.63, 3.8) is 0 Å². The highest BCUT2D eigenvalue weighted by molar-refractivity contribution is 7.97. The number of carboxylic acids is 1. The lowest BCUT2D eigenvalue weighted by Gasteiger charge is -2.13. The summed E-state index contributed by atoms with van der Waals surface area (Å²) in [5, 5.41) is 7.59. The zero-order valence-corrected chi connectivity index (χ0v) is 10.8. The molecule has 0 aliphatic carbocycles. The van der Waals surface area contributed by atoms with Crippen molar-refractivity contribution in [2.24, 2.45) is 0 Å². The van der Waals surface area contributed by atoms with E-state index in [9.17, 15) is 4.79 Å². The lowest BCUT2D eigenvalue weighted by Crippen LogP contribution is -2.03. The molecular formula is C12H14ClNO2S. The quantitative estimate of drug-likeness (QED) is 0.678. The lowest BCUT2D eigenvalue weighted by atomic mass is 10.2. The number of carbonyl (C=O) groups is 1. The molecule has 1 heterocycles. The van der Waals surface area contributed by atoms with Crippen LogP contribution in [-0.2, 0) is 11.3 Å². The van der Waals surface area contributed by atoms with Gasteiger partial charge in [-0.15, -0.1) is 11.6 Å². The van der Waals surface area contributed by atoms with Gasteiger partial charge in [-0.1, -0.05) is 36.4 Å². The normalized spacial score (nSPS) is 13.1. The fourth-order valence-electron chi connectivity index (χ4n) is 1.20. The summed E-state index contributed by atoms with van der Waals surface area (Å²) in [5.74, 6) is -0.168. The van der Waals surface area contributed by atoms with Crippen LogP contribution in [0.1, 0.15) is 5.56 Å². The van der Waals surface area contributed by atoms with Crippen LogP contribution in [0.4, 0.5) is 0 Å². The van der Waals surface area contributed by atoms with E-state index in [0.717, 1.165) is 12.3 Å². The summed E-state index contributed by atoms with van der Waals surface area (Å²) in [6, 6.07) is 10.5. The SMILES string of the molecule is C1=CN(Cc2ccccc2)SC1.O=C(O)CCl. The maximum atomic E-state index is 9.24. The van der Waals surface area contributed by atoms with Gasteiger partial charge in [0.2, 0.25) is 0 Å². The molecule has 3 nitrogen and oxygen atoms in total. The van der Waals surface area contributed by atoms with Crippen LogP contribution in [0.15, 0.2) is 42.6 Å². The van der Waals surface area contributed by atoms with Crippen molar-refractivity contribution in [2.45, 2.75) is 6.54 Å². The molecule has 17 heavy (non-hydrogen) atoms. The van der Waals surface area contributed by atoms with Crippen molar-refractivity contribution < 1.29 is 9.90 Å². The second-order valence-corrected chi connectivity index (χ2v) is 4.60. The van der Waals surface area contributed by atoms with Gasteiger partial charge in [0.1, 0.15) is 5.88 Å². The second-order valence-electron chi connectivity index (χ2n) is 3.27. The van der Waals surface area contributed by atoms with Crippen molar-refractivity contribution in [3.05, 3.63) is 48.2 Å². The molecule has 0 saturated carbocycles. The van der Waals surface area contributed by atoms with Crippen LogP contribution < -0.4 is 0 Å². The molecular weight excluding hydrogens is 258 g/mol. The zero-order chi connectivity index (χ0) is 12.5. The Morgan fingerprint density at radius 1 is 1.41 bits per heavy atom. The van der Waals surface area contributed by atoms with E-state index in [1.807, 2.05) is 11.9 Å². The molecule has 0 radical (unpaired) electrons. The Hall–Kier alpha value is -1.13. The molecule has 1 aromatic carbocycles. The first-order valence-electron chi connectivity index (χ1n) is 5.10. The van der Waals surface area contributed by atoms with Crippen molar-refractivity contribution >= 4 is 29.5 Å². The van der Waals surface area contributed by atoms with Crippen molar-refractivity contribution in [2.75, 3.05) is 11.6 Å². The first-order valence-corrected chi connectivity index (χ1v) is 6.58. The maximum Gasteiger partial charge on any atom is 0.318 e. The molecule has 1 N–H and O–H groups in total. The molecule has 5 heteroatoms. The number of nitrogens with zero attached hydrogens (tertiary/aromatic N) is 1. The molecule has 0 aromatic heterocycles. The Labute approximate surface area is 110 Å². The summed E-state index contributed by atoms with van der Waals surface area (Å²) >= 11 is 6.60. The van der Waals surface area contributed by atoms with Crippen molar-refractivity contribution in [1.82, 2.24) is 4.31 Å². The fourth-order valence-corrected chi connectivity index (χ4v) is 1.98. The number of halogens is 1. The molecule has 0 spiro atoms. The van der Waals surface area contributed by atoms with Gasteiger partial charge in [-0.2, -0.15) is 0 Å². The minimum atomic E-state index is -0.980. The molecule has 92 valence electrons. The van der Waals surface area contributed by atoms with E-state index in [2.05, 4.69) is 46.9 Å². The van der Waals surface area contributed by atoms with Crippen molar-refractivity contribution in [3.8, 4) is 0 Å². The van der Waals surface area contributed by atoms with E-state index >= 15 is 0 Å². The third-order valence-corrected chi connectivity index (χ3v) is 3.06. The monoisotopic (exact) mass is 271 g/mol. The fraction of sp³-hybridized carbons (Fsp3) is 0.250. The van der Waals surface area contributed by atoms with Gasteiger partial charge in [-0.3, -0.25) is 4.79 Å². The van der Waals surface area contributed by atoms with Crippen molar-refractivity contribution in [1.29, 1.82) is 0 Å². The Balaban J connectivity index is 0.000000249. The molecule has 0 saturated heterocycles. The van der Waals surface area contributed by atoms with E-state index in [-0.39, 0.29) is 5.88 Å². The van der Waals surface area contributed by atoms with E-state index in [1.54, 1.807) is 0 Å². The van der Waals surface area contributed by atoms with Crippen LogP contribution in [-0.4, -0.2) is 27.0 Å². The molecule has 2 rings (SSSR count). The predicted molar refractivity (Wildman–Crippen MR) is 71.9 cm³/mol. The Morgan fingerprint density at radius 3 is 2.53 bits per heavy atom. The Morgan fingerprint density at radius 2 is 2.06 bits per heavy atom. The molecule has 0 bridgehead atoms. The molecule has 1 aliphatic heterocycles. The first-order chi connectivity index (χ1) is 8.22. The molecule has 0 amide bonds. The van der Waals surface area contributed by atoms with E-state index in [1.165, 1.54) is 5.56 Å². The molecule has 0 fully saturated rings. The Bertz CT molecular complexity index is 370. The van der Waals surface area contributed by atoms with E-state index in [4.69, 9.17) is 16.7 Å². The minimum Gasteiger partial charge on any atom is -0.480 e. The third kappa shape index (κ3) is 6.24. The average Bonchev–Trinajstić information content (AvgIpc) is 2.84. The van der Waals surface area contributed by atoms with Gasteiger partial charge >= 0.3 is 5.97 Å². The summed E-state index contributed by atoms with van der Waals surface area (Å²) in [6.07, 6.45) is 4.34. The lowest BCUT2D eigenvalue weighted by molar-refractivity contribution is -0.134. The van der Waals surface area contributed by atoms with E-state index in [0.29, 0.717) is 0 Å². The first kappa shape index (κ1) is 13.9. The second kappa shape index (κ2) is 8.03. The van der Waals surface area contributed by atoms with Crippen LogP contribution in [0.2, 0.25) is 0 Å². The predicted octanol–water partition coefficient (Wildman–Crippen LogP) is 2.97. The molecule has 0 unspecified atom stereocenters. The number of carboxylic acid groups (broad SMARTS) is 1. The van der Waals surface area contributed by atoms with Gasteiger partial charge in [-0.05, 0) is 17.5 Å². The topological polar surface area (TPSA) is 40.5 Å². The summed E-state index contributed by atoms with van der Waals surface area (Å²) < 4.78 is 2.26. The van der Waals surface area contributed by atoms with Crippen LogP contribution in [0.3, 0.4) is 0 Å². The summed E-state index contributed by atoms with van der Waals surface area (Å²) in [6.45, 7) is 1.02. The Kier molecular flexibility index (Phi) is 6.58. The van der Waals surface area contributed by atoms with Gasteiger partial charge in [0.15, 0.2) is 0 Å². The van der Waals surface area contributed by atoms with Crippen LogP contribution >= 0.6 is 23.5 Å². The third-order valence-electron chi connectivity index (χ3n) is 1.90. The van der Waals surface area contributed by atoms with Gasteiger partial charge < -0.3 is 9.41 Å². The smallest absolute Gasteiger partial charge is 0.318 e. The number of benzene rings is 1. The number of alkyl halides is 1. The van der Waals surface area contributed by atoms with E-state index < -0.39 is 5.97 Å². The highest BCUT2D eigenvalue weighted by atomic mass is 35.5. The number of aliphatic carboxylic acids is 1. The van der Waals surface area contributed by atoms with Gasteiger partial charge in [0.25, 0.3) is 0 Å². The highest BCUT2D eigenvalue weighted by Crippen LogP contribution is 2.20. The standard InChI is InChI=1S/C10H11NS.C2H3ClO2/c1-2-5-10(6-3-1)9-11-7-4-8-12-11;3-1-2(4)5/h1-7H,8-9H2;1H2,(H,4,5). The highest BCUT2D eigenvalue weighted by Gasteiger charge is 2.04. The van der Waals surface area contributed by atoms with Gasteiger partial charge in [0.05, 0.1) is 6.54 Å². The van der Waals surface area contributed by atoms with Crippen LogP contribution in [0.5, 0.6) is 0 Å². The number of rotatable bonds is 3. The average molecular weight is 272 g/mol. The molecule has 1 aromatic rings. The molecule has 0 atom stereocenters. The number of hydrogen-bond donors (Lipinski definition) is 1. The largest absolute Gasteiger partial charge is 0.480 e.